The van der Waals surface area contributed by atoms with Crippen LogP contribution in [0.25, 0.3) is 0 Å². The molecule has 1 atom stereocenters. The highest BCUT2D eigenvalue weighted by Gasteiger charge is 2.32. The van der Waals surface area contributed by atoms with Crippen LogP contribution in [0.1, 0.15) is 61.2 Å². The summed E-state index contributed by atoms with van der Waals surface area (Å²) in [6.45, 7) is 9.00. The molecule has 1 fully saturated rings. The lowest BCUT2D eigenvalue weighted by atomic mass is 10.1. The molecule has 3 rings (SSSR count). The SMILES string of the molecule is Cc1ccc(NC(=O)N2CCC[C@H]2c2cc(C(C)C)on2)cc1C. The van der Waals surface area contributed by atoms with Crippen molar-refractivity contribution in [1.82, 2.24) is 10.1 Å². The maximum atomic E-state index is 12.7. The third kappa shape index (κ3) is 3.30. The molecule has 0 unspecified atom stereocenters. The van der Waals surface area contributed by atoms with Crippen LogP contribution in [0.3, 0.4) is 0 Å². The second kappa shape index (κ2) is 6.67. The van der Waals surface area contributed by atoms with Crippen molar-refractivity contribution >= 4 is 11.7 Å². The number of hydrogen-bond donors (Lipinski definition) is 1. The first-order valence-corrected chi connectivity index (χ1v) is 8.57. The molecule has 1 saturated heterocycles. The van der Waals surface area contributed by atoms with Gasteiger partial charge in [0.25, 0.3) is 0 Å². The Morgan fingerprint density at radius 3 is 2.75 bits per heavy atom. The lowest BCUT2D eigenvalue weighted by Gasteiger charge is -2.23. The summed E-state index contributed by atoms with van der Waals surface area (Å²) in [4.78, 5) is 14.6. The molecule has 0 bridgehead atoms. The van der Waals surface area contributed by atoms with E-state index in [1.807, 2.05) is 36.1 Å². The first kappa shape index (κ1) is 16.6. The number of urea groups is 1. The number of hydrogen-bond acceptors (Lipinski definition) is 3. The summed E-state index contributed by atoms with van der Waals surface area (Å²) in [5, 5.41) is 7.20. The number of aryl methyl sites for hydroxylation is 2. The molecule has 5 heteroatoms. The zero-order chi connectivity index (χ0) is 17.3. The van der Waals surface area contributed by atoms with Gasteiger partial charge in [0.05, 0.1) is 6.04 Å². The molecule has 2 amide bonds. The highest BCUT2D eigenvalue weighted by molar-refractivity contribution is 5.90. The summed E-state index contributed by atoms with van der Waals surface area (Å²) < 4.78 is 5.41. The monoisotopic (exact) mass is 327 g/mol. The molecule has 0 saturated carbocycles. The fourth-order valence-corrected chi connectivity index (χ4v) is 3.06. The molecule has 24 heavy (non-hydrogen) atoms. The Bertz CT molecular complexity index is 736. The number of rotatable bonds is 3. The van der Waals surface area contributed by atoms with E-state index < -0.39 is 0 Å². The second-order valence-corrected chi connectivity index (χ2v) is 6.89. The fraction of sp³-hybridized carbons (Fsp3) is 0.474. The van der Waals surface area contributed by atoms with Crippen molar-refractivity contribution in [2.45, 2.75) is 52.5 Å². The fourth-order valence-electron chi connectivity index (χ4n) is 3.06. The van der Waals surface area contributed by atoms with Crippen molar-refractivity contribution < 1.29 is 9.32 Å². The Balaban J connectivity index is 1.74. The van der Waals surface area contributed by atoms with Gasteiger partial charge in [-0.05, 0) is 49.9 Å². The van der Waals surface area contributed by atoms with Crippen molar-refractivity contribution in [2.24, 2.45) is 0 Å². The number of carbonyl (C=O) groups is 1. The zero-order valence-electron chi connectivity index (χ0n) is 14.8. The molecule has 1 aliphatic heterocycles. The summed E-state index contributed by atoms with van der Waals surface area (Å²) in [5.41, 5.74) is 4.07. The number of nitrogens with zero attached hydrogens (tertiary/aromatic N) is 2. The average Bonchev–Trinajstić information content (AvgIpc) is 3.18. The van der Waals surface area contributed by atoms with Crippen molar-refractivity contribution in [2.75, 3.05) is 11.9 Å². The van der Waals surface area contributed by atoms with Gasteiger partial charge < -0.3 is 14.7 Å². The van der Waals surface area contributed by atoms with E-state index in [2.05, 4.69) is 31.2 Å². The van der Waals surface area contributed by atoms with Crippen molar-refractivity contribution in [3.8, 4) is 0 Å². The molecule has 1 N–H and O–H groups in total. The molecule has 0 aliphatic carbocycles. The van der Waals surface area contributed by atoms with Crippen LogP contribution in [-0.2, 0) is 0 Å². The number of nitrogens with one attached hydrogen (secondary N) is 1. The minimum absolute atomic E-state index is 0.00667. The average molecular weight is 327 g/mol. The number of anilines is 1. The van der Waals surface area contributed by atoms with Crippen LogP contribution < -0.4 is 5.32 Å². The topological polar surface area (TPSA) is 58.4 Å². The summed E-state index contributed by atoms with van der Waals surface area (Å²) in [5.74, 6) is 1.16. The Morgan fingerprint density at radius 2 is 2.08 bits per heavy atom. The van der Waals surface area contributed by atoms with Gasteiger partial charge in [-0.1, -0.05) is 25.1 Å². The van der Waals surface area contributed by atoms with Crippen LogP contribution in [0.15, 0.2) is 28.8 Å². The van der Waals surface area contributed by atoms with Gasteiger partial charge in [-0.3, -0.25) is 0 Å². The number of benzene rings is 1. The molecule has 1 aromatic heterocycles. The Labute approximate surface area is 143 Å². The van der Waals surface area contributed by atoms with Crippen LogP contribution in [0.2, 0.25) is 0 Å². The minimum atomic E-state index is -0.0742. The third-order valence-corrected chi connectivity index (χ3v) is 4.73. The van der Waals surface area contributed by atoms with E-state index in [1.165, 1.54) is 11.1 Å². The summed E-state index contributed by atoms with van der Waals surface area (Å²) in [6, 6.07) is 7.88. The molecular formula is C19H25N3O2. The molecule has 0 spiro atoms. The largest absolute Gasteiger partial charge is 0.361 e. The van der Waals surface area contributed by atoms with E-state index in [9.17, 15) is 4.79 Å². The van der Waals surface area contributed by atoms with Crippen LogP contribution in [0, 0.1) is 13.8 Å². The quantitative estimate of drug-likeness (QED) is 0.882. The molecular weight excluding hydrogens is 302 g/mol. The first-order valence-electron chi connectivity index (χ1n) is 8.57. The lowest BCUT2D eigenvalue weighted by molar-refractivity contribution is 0.204. The predicted molar refractivity (Wildman–Crippen MR) is 94.2 cm³/mol. The molecule has 1 aromatic carbocycles. The first-order chi connectivity index (χ1) is 11.5. The van der Waals surface area contributed by atoms with Gasteiger partial charge in [-0.25, -0.2) is 4.79 Å². The van der Waals surface area contributed by atoms with E-state index in [0.717, 1.165) is 36.5 Å². The molecule has 128 valence electrons. The predicted octanol–water partition coefficient (Wildman–Crippen LogP) is 4.78. The molecule has 1 aliphatic rings. The van der Waals surface area contributed by atoms with Gasteiger partial charge >= 0.3 is 6.03 Å². The van der Waals surface area contributed by atoms with Crippen LogP contribution >= 0.6 is 0 Å². The second-order valence-electron chi connectivity index (χ2n) is 6.89. The number of carbonyl (C=O) groups excluding carboxylic acids is 1. The van der Waals surface area contributed by atoms with E-state index in [0.29, 0.717) is 5.92 Å². The van der Waals surface area contributed by atoms with Gasteiger partial charge in [0.1, 0.15) is 11.5 Å². The Kier molecular flexibility index (Phi) is 4.60. The molecule has 5 nitrogen and oxygen atoms in total. The minimum Gasteiger partial charge on any atom is -0.361 e. The highest BCUT2D eigenvalue weighted by Crippen LogP contribution is 2.33. The van der Waals surface area contributed by atoms with E-state index in [1.54, 1.807) is 0 Å². The standard InChI is InChI=1S/C19H25N3O2/c1-12(2)18-11-16(21-24-18)17-6-5-9-22(17)19(23)20-15-8-7-13(3)14(4)10-15/h7-8,10-12,17H,5-6,9H2,1-4H3,(H,20,23)/t17-/m0/s1. The van der Waals surface area contributed by atoms with Crippen LogP contribution in [-0.4, -0.2) is 22.6 Å². The van der Waals surface area contributed by atoms with Gasteiger partial charge in [0.2, 0.25) is 0 Å². The van der Waals surface area contributed by atoms with Crippen molar-refractivity contribution in [3.05, 3.63) is 46.8 Å². The summed E-state index contributed by atoms with van der Waals surface area (Å²) >= 11 is 0. The third-order valence-electron chi connectivity index (χ3n) is 4.73. The van der Waals surface area contributed by atoms with Crippen molar-refractivity contribution in [1.29, 1.82) is 0 Å². The van der Waals surface area contributed by atoms with Crippen LogP contribution in [0.4, 0.5) is 10.5 Å². The molecule has 2 aromatic rings. The lowest BCUT2D eigenvalue weighted by Crippen LogP contribution is -2.34. The van der Waals surface area contributed by atoms with E-state index in [-0.39, 0.29) is 12.1 Å². The molecule has 2 heterocycles. The maximum Gasteiger partial charge on any atom is 0.322 e. The number of aromatic nitrogens is 1. The zero-order valence-corrected chi connectivity index (χ0v) is 14.8. The number of likely N-dealkylation sites (tertiary alicyclic amines) is 1. The maximum absolute atomic E-state index is 12.7. The summed E-state index contributed by atoms with van der Waals surface area (Å²) in [6.07, 6.45) is 1.90. The summed E-state index contributed by atoms with van der Waals surface area (Å²) in [7, 11) is 0. The number of amides is 2. The van der Waals surface area contributed by atoms with E-state index in [4.69, 9.17) is 4.52 Å². The van der Waals surface area contributed by atoms with Gasteiger partial charge in [-0.15, -0.1) is 0 Å². The highest BCUT2D eigenvalue weighted by atomic mass is 16.5. The van der Waals surface area contributed by atoms with Gasteiger partial charge in [0.15, 0.2) is 0 Å². The van der Waals surface area contributed by atoms with Gasteiger partial charge in [-0.2, -0.15) is 0 Å². The van der Waals surface area contributed by atoms with E-state index >= 15 is 0 Å². The van der Waals surface area contributed by atoms with Gasteiger partial charge in [0, 0.05) is 24.2 Å². The Morgan fingerprint density at radius 1 is 1.29 bits per heavy atom. The van der Waals surface area contributed by atoms with Crippen LogP contribution in [0.5, 0.6) is 0 Å². The van der Waals surface area contributed by atoms with Crippen molar-refractivity contribution in [3.63, 3.8) is 0 Å². The molecule has 0 radical (unpaired) electrons. The normalized spacial score (nSPS) is 17.5. The smallest absolute Gasteiger partial charge is 0.322 e. The Hall–Kier alpha value is -2.30.